The Morgan fingerprint density at radius 3 is 2.67 bits per heavy atom. The first kappa shape index (κ1) is 20.0. The fraction of sp³-hybridized carbons (Fsp3) is 0.259. The van der Waals surface area contributed by atoms with Crippen molar-refractivity contribution in [1.82, 2.24) is 10.3 Å². The Morgan fingerprint density at radius 1 is 0.939 bits per heavy atom. The SMILES string of the molecule is O=C(NCC1(c2ccc3c(c2)OCO3)CCOCC1)c1cc2ccccc2c2cccnc12. The molecule has 1 fully saturated rings. The smallest absolute Gasteiger partial charge is 0.253 e. The summed E-state index contributed by atoms with van der Waals surface area (Å²) in [5, 5.41) is 6.33. The topological polar surface area (TPSA) is 69.7 Å². The molecule has 166 valence electrons. The van der Waals surface area contributed by atoms with E-state index in [1.165, 1.54) is 0 Å². The third-order valence-electron chi connectivity index (χ3n) is 6.88. The van der Waals surface area contributed by atoms with E-state index in [0.717, 1.165) is 51.6 Å². The molecule has 0 radical (unpaired) electrons. The number of ether oxygens (including phenoxy) is 3. The van der Waals surface area contributed by atoms with Crippen LogP contribution in [0, 0.1) is 0 Å². The average molecular weight is 440 g/mol. The lowest BCUT2D eigenvalue weighted by atomic mass is 9.74. The number of hydrogen-bond acceptors (Lipinski definition) is 5. The zero-order chi connectivity index (χ0) is 22.3. The van der Waals surface area contributed by atoms with Gasteiger partial charge in [-0.15, -0.1) is 0 Å². The van der Waals surface area contributed by atoms with Crippen LogP contribution in [-0.4, -0.2) is 37.4 Å². The Bertz CT molecular complexity index is 1360. The van der Waals surface area contributed by atoms with E-state index < -0.39 is 0 Å². The second-order valence-corrected chi connectivity index (χ2v) is 8.69. The van der Waals surface area contributed by atoms with Gasteiger partial charge in [0.15, 0.2) is 11.5 Å². The van der Waals surface area contributed by atoms with Crippen LogP contribution in [0.15, 0.2) is 66.9 Å². The van der Waals surface area contributed by atoms with Crippen LogP contribution in [0.5, 0.6) is 11.5 Å². The molecule has 1 N–H and O–H groups in total. The fourth-order valence-electron chi connectivity index (χ4n) is 5.00. The number of nitrogens with one attached hydrogen (secondary N) is 1. The van der Waals surface area contributed by atoms with Gasteiger partial charge in [-0.3, -0.25) is 9.78 Å². The number of nitrogens with zero attached hydrogens (tertiary/aromatic N) is 1. The van der Waals surface area contributed by atoms with Crippen molar-refractivity contribution in [2.45, 2.75) is 18.3 Å². The van der Waals surface area contributed by atoms with E-state index in [1.54, 1.807) is 6.20 Å². The van der Waals surface area contributed by atoms with Gasteiger partial charge in [-0.25, -0.2) is 0 Å². The van der Waals surface area contributed by atoms with E-state index in [-0.39, 0.29) is 18.1 Å². The quantitative estimate of drug-likeness (QED) is 0.470. The molecule has 1 amide bonds. The molecule has 3 heterocycles. The summed E-state index contributed by atoms with van der Waals surface area (Å²) >= 11 is 0. The van der Waals surface area contributed by atoms with E-state index >= 15 is 0 Å². The van der Waals surface area contributed by atoms with Crippen LogP contribution in [-0.2, 0) is 10.2 Å². The summed E-state index contributed by atoms with van der Waals surface area (Å²) < 4.78 is 16.7. The van der Waals surface area contributed by atoms with Gasteiger partial charge >= 0.3 is 0 Å². The number of amides is 1. The molecule has 3 aromatic carbocycles. The minimum atomic E-state index is -0.227. The lowest BCUT2D eigenvalue weighted by molar-refractivity contribution is 0.0486. The predicted molar refractivity (Wildman–Crippen MR) is 126 cm³/mol. The molecule has 2 aliphatic heterocycles. The Hall–Kier alpha value is -3.64. The van der Waals surface area contributed by atoms with Crippen molar-refractivity contribution in [2.24, 2.45) is 0 Å². The van der Waals surface area contributed by atoms with Gasteiger partial charge in [0.25, 0.3) is 5.91 Å². The van der Waals surface area contributed by atoms with Crippen LogP contribution < -0.4 is 14.8 Å². The van der Waals surface area contributed by atoms with Crippen LogP contribution in [0.25, 0.3) is 21.7 Å². The maximum atomic E-state index is 13.5. The molecule has 1 aromatic heterocycles. The van der Waals surface area contributed by atoms with Crippen molar-refractivity contribution in [1.29, 1.82) is 0 Å². The largest absolute Gasteiger partial charge is 0.454 e. The number of benzene rings is 3. The molecule has 6 nitrogen and oxygen atoms in total. The van der Waals surface area contributed by atoms with Crippen LogP contribution in [0.1, 0.15) is 28.8 Å². The van der Waals surface area contributed by atoms with E-state index in [4.69, 9.17) is 14.2 Å². The third-order valence-corrected chi connectivity index (χ3v) is 6.88. The Kier molecular flexibility index (Phi) is 4.88. The maximum absolute atomic E-state index is 13.5. The van der Waals surface area contributed by atoms with E-state index in [2.05, 4.69) is 22.4 Å². The molecule has 33 heavy (non-hydrogen) atoms. The molecular formula is C27H24N2O4. The van der Waals surface area contributed by atoms with Crippen molar-refractivity contribution >= 4 is 27.6 Å². The van der Waals surface area contributed by atoms with Crippen molar-refractivity contribution in [3.05, 3.63) is 78.0 Å². The number of carbonyl (C=O) groups is 1. The summed E-state index contributed by atoms with van der Waals surface area (Å²) in [6, 6.07) is 20.1. The number of rotatable bonds is 4. The number of hydrogen-bond donors (Lipinski definition) is 1. The van der Waals surface area contributed by atoms with E-state index in [9.17, 15) is 4.79 Å². The molecule has 4 aromatic rings. The van der Waals surface area contributed by atoms with Crippen LogP contribution >= 0.6 is 0 Å². The fourth-order valence-corrected chi connectivity index (χ4v) is 5.00. The molecular weight excluding hydrogens is 416 g/mol. The van der Waals surface area contributed by atoms with Gasteiger partial charge in [0.2, 0.25) is 6.79 Å². The minimum Gasteiger partial charge on any atom is -0.454 e. The normalized spacial score (nSPS) is 16.7. The van der Waals surface area contributed by atoms with Gasteiger partial charge in [-0.2, -0.15) is 0 Å². The monoisotopic (exact) mass is 440 g/mol. The summed E-state index contributed by atoms with van der Waals surface area (Å²) in [7, 11) is 0. The molecule has 0 spiro atoms. The Balaban J connectivity index is 1.34. The molecule has 2 aliphatic rings. The summed E-state index contributed by atoms with van der Waals surface area (Å²) in [5.74, 6) is 1.41. The first-order chi connectivity index (χ1) is 16.2. The van der Waals surface area contributed by atoms with Gasteiger partial charge < -0.3 is 19.5 Å². The highest BCUT2D eigenvalue weighted by Gasteiger charge is 2.36. The summed E-state index contributed by atoms with van der Waals surface area (Å²) in [4.78, 5) is 18.0. The summed E-state index contributed by atoms with van der Waals surface area (Å²) in [6.45, 7) is 2.07. The standard InChI is InChI=1S/C27H24N2O4/c30-26(22-14-18-4-1-2-5-20(18)21-6-3-11-28-25(21)22)29-16-27(9-12-31-13-10-27)19-7-8-23-24(15-19)33-17-32-23/h1-8,11,14-15H,9-10,12-13,16-17H2,(H,29,30). The van der Waals surface area contributed by atoms with Gasteiger partial charge in [0, 0.05) is 36.8 Å². The molecule has 0 unspecified atom stereocenters. The highest BCUT2D eigenvalue weighted by Crippen LogP contribution is 2.40. The lowest BCUT2D eigenvalue weighted by Gasteiger charge is -2.38. The Labute approximate surface area is 191 Å². The van der Waals surface area contributed by atoms with E-state index in [1.807, 2.05) is 48.5 Å². The van der Waals surface area contributed by atoms with Crippen LogP contribution in [0.3, 0.4) is 0 Å². The van der Waals surface area contributed by atoms with Crippen molar-refractivity contribution in [2.75, 3.05) is 26.6 Å². The average Bonchev–Trinajstić information content (AvgIpc) is 3.35. The number of aromatic nitrogens is 1. The zero-order valence-electron chi connectivity index (χ0n) is 18.2. The third kappa shape index (κ3) is 3.47. The van der Waals surface area contributed by atoms with Gasteiger partial charge in [0.05, 0.1) is 11.1 Å². The first-order valence-electron chi connectivity index (χ1n) is 11.3. The first-order valence-corrected chi connectivity index (χ1v) is 11.3. The summed E-state index contributed by atoms with van der Waals surface area (Å²) in [6.07, 6.45) is 3.38. The van der Waals surface area contributed by atoms with Crippen molar-refractivity contribution in [3.8, 4) is 11.5 Å². The van der Waals surface area contributed by atoms with Gasteiger partial charge in [-0.1, -0.05) is 36.4 Å². The van der Waals surface area contributed by atoms with Gasteiger partial charge in [-0.05, 0) is 53.4 Å². The lowest BCUT2D eigenvalue weighted by Crippen LogP contribution is -2.44. The summed E-state index contributed by atoms with van der Waals surface area (Å²) in [5.41, 5.74) is 2.22. The second kappa shape index (κ2) is 8.05. The molecule has 0 aliphatic carbocycles. The molecule has 1 saturated heterocycles. The molecule has 6 rings (SSSR count). The molecule has 0 bridgehead atoms. The van der Waals surface area contributed by atoms with Crippen molar-refractivity contribution < 1.29 is 19.0 Å². The van der Waals surface area contributed by atoms with Crippen molar-refractivity contribution in [3.63, 3.8) is 0 Å². The highest BCUT2D eigenvalue weighted by atomic mass is 16.7. The van der Waals surface area contributed by atoms with Crippen LogP contribution in [0.4, 0.5) is 0 Å². The molecule has 6 heteroatoms. The van der Waals surface area contributed by atoms with Crippen LogP contribution in [0.2, 0.25) is 0 Å². The minimum absolute atomic E-state index is 0.115. The Morgan fingerprint density at radius 2 is 1.76 bits per heavy atom. The number of pyridine rings is 1. The highest BCUT2D eigenvalue weighted by molar-refractivity contribution is 6.15. The number of fused-ring (bicyclic) bond motifs is 4. The predicted octanol–water partition coefficient (Wildman–Crippen LogP) is 4.59. The molecule has 0 saturated carbocycles. The zero-order valence-corrected chi connectivity index (χ0v) is 18.2. The molecule has 0 atom stereocenters. The van der Waals surface area contributed by atoms with Gasteiger partial charge in [0.1, 0.15) is 0 Å². The maximum Gasteiger partial charge on any atom is 0.253 e. The second-order valence-electron chi connectivity index (χ2n) is 8.69. The number of carbonyl (C=O) groups excluding carboxylic acids is 1. The van der Waals surface area contributed by atoms with E-state index in [0.29, 0.717) is 25.3 Å².